The number of nitrogens with zero attached hydrogens (tertiary/aromatic N) is 5. The fourth-order valence-electron chi connectivity index (χ4n) is 3.28. The van der Waals surface area contributed by atoms with Crippen molar-refractivity contribution in [1.29, 1.82) is 0 Å². The molecule has 7 nitrogen and oxygen atoms in total. The average Bonchev–Trinajstić information content (AvgIpc) is 3.45. The number of fused-ring (bicyclic) bond motifs is 1. The number of thioether (sulfide) groups is 1. The zero-order valence-electron chi connectivity index (χ0n) is 16.5. The molecular formula is C22H17N5O2S2. The van der Waals surface area contributed by atoms with E-state index in [9.17, 15) is 4.79 Å². The van der Waals surface area contributed by atoms with Crippen LogP contribution in [-0.4, -0.2) is 31.3 Å². The van der Waals surface area contributed by atoms with Gasteiger partial charge in [-0.25, -0.2) is 4.98 Å². The first-order valence-corrected chi connectivity index (χ1v) is 11.3. The highest BCUT2D eigenvalue weighted by atomic mass is 32.2. The van der Waals surface area contributed by atoms with Crippen LogP contribution in [0.5, 0.6) is 5.75 Å². The van der Waals surface area contributed by atoms with Crippen molar-refractivity contribution in [2.45, 2.75) is 10.9 Å². The SMILES string of the molecule is COc1ccccc1-c1nnc(SCc2cc(=O)n3ccsc3n2)n1-c1ccccc1. The Morgan fingerprint density at radius 3 is 2.71 bits per heavy atom. The average molecular weight is 448 g/mol. The summed E-state index contributed by atoms with van der Waals surface area (Å²) in [5.74, 6) is 1.91. The Hall–Kier alpha value is -3.43. The topological polar surface area (TPSA) is 74.3 Å². The van der Waals surface area contributed by atoms with Gasteiger partial charge in [0.2, 0.25) is 0 Å². The normalized spacial score (nSPS) is 11.1. The summed E-state index contributed by atoms with van der Waals surface area (Å²) in [6, 6.07) is 19.2. The molecule has 0 atom stereocenters. The number of ether oxygens (including phenoxy) is 1. The van der Waals surface area contributed by atoms with Gasteiger partial charge in [0.1, 0.15) is 5.75 Å². The number of hydrogen-bond acceptors (Lipinski definition) is 7. The molecule has 154 valence electrons. The molecule has 5 aromatic rings. The highest BCUT2D eigenvalue weighted by molar-refractivity contribution is 7.98. The van der Waals surface area contributed by atoms with Crippen molar-refractivity contribution < 1.29 is 4.74 Å². The second kappa shape index (κ2) is 8.37. The van der Waals surface area contributed by atoms with Gasteiger partial charge in [0, 0.05) is 29.1 Å². The van der Waals surface area contributed by atoms with E-state index in [0.717, 1.165) is 17.0 Å². The summed E-state index contributed by atoms with van der Waals surface area (Å²) in [6.07, 6.45) is 1.73. The van der Waals surface area contributed by atoms with Crippen LogP contribution in [0, 0.1) is 0 Å². The molecule has 3 aromatic heterocycles. The Balaban J connectivity index is 1.55. The van der Waals surface area contributed by atoms with Gasteiger partial charge in [0.15, 0.2) is 15.9 Å². The van der Waals surface area contributed by atoms with Crippen LogP contribution < -0.4 is 10.3 Å². The number of aromatic nitrogens is 5. The third-order valence-corrected chi connectivity index (χ3v) is 6.42. The largest absolute Gasteiger partial charge is 0.496 e. The van der Waals surface area contributed by atoms with Crippen LogP contribution in [-0.2, 0) is 5.75 Å². The number of thiazole rings is 1. The second-order valence-corrected chi connectivity index (χ2v) is 8.42. The van der Waals surface area contributed by atoms with Crippen molar-refractivity contribution in [3.63, 3.8) is 0 Å². The van der Waals surface area contributed by atoms with Gasteiger partial charge < -0.3 is 4.74 Å². The summed E-state index contributed by atoms with van der Waals surface area (Å²) < 4.78 is 9.09. The highest BCUT2D eigenvalue weighted by Gasteiger charge is 2.19. The maximum Gasteiger partial charge on any atom is 0.258 e. The minimum Gasteiger partial charge on any atom is -0.496 e. The zero-order valence-corrected chi connectivity index (χ0v) is 18.1. The lowest BCUT2D eigenvalue weighted by Gasteiger charge is -2.12. The summed E-state index contributed by atoms with van der Waals surface area (Å²) >= 11 is 2.92. The number of methoxy groups -OCH3 is 1. The van der Waals surface area contributed by atoms with Crippen molar-refractivity contribution in [2.75, 3.05) is 7.11 Å². The van der Waals surface area contributed by atoms with Crippen LogP contribution in [0.1, 0.15) is 5.69 Å². The van der Waals surface area contributed by atoms with E-state index in [1.165, 1.54) is 23.1 Å². The van der Waals surface area contributed by atoms with Crippen LogP contribution in [0.4, 0.5) is 0 Å². The van der Waals surface area contributed by atoms with Crippen LogP contribution in [0.25, 0.3) is 22.0 Å². The Labute approximate surface area is 186 Å². The van der Waals surface area contributed by atoms with E-state index in [2.05, 4.69) is 15.2 Å². The number of benzene rings is 2. The van der Waals surface area contributed by atoms with Crippen molar-refractivity contribution >= 4 is 28.1 Å². The summed E-state index contributed by atoms with van der Waals surface area (Å²) in [5.41, 5.74) is 2.42. The molecule has 0 aliphatic rings. The molecule has 5 rings (SSSR count). The zero-order chi connectivity index (χ0) is 21.2. The van der Waals surface area contributed by atoms with Crippen LogP contribution in [0.3, 0.4) is 0 Å². The molecule has 0 saturated carbocycles. The molecule has 0 aliphatic carbocycles. The number of hydrogen-bond donors (Lipinski definition) is 0. The van der Waals surface area contributed by atoms with Gasteiger partial charge in [-0.05, 0) is 24.3 Å². The quantitative estimate of drug-likeness (QED) is 0.361. The first-order valence-electron chi connectivity index (χ1n) is 9.47. The molecule has 3 heterocycles. The Morgan fingerprint density at radius 1 is 1.06 bits per heavy atom. The molecular weight excluding hydrogens is 430 g/mol. The summed E-state index contributed by atoms with van der Waals surface area (Å²) in [7, 11) is 1.64. The van der Waals surface area contributed by atoms with E-state index < -0.39 is 0 Å². The number of rotatable bonds is 6. The molecule has 0 radical (unpaired) electrons. The van der Waals surface area contributed by atoms with E-state index in [1.807, 2.05) is 64.5 Å². The second-order valence-electron chi connectivity index (χ2n) is 6.61. The summed E-state index contributed by atoms with van der Waals surface area (Å²) in [6.45, 7) is 0. The molecule has 2 aromatic carbocycles. The summed E-state index contributed by atoms with van der Waals surface area (Å²) in [4.78, 5) is 17.6. The summed E-state index contributed by atoms with van der Waals surface area (Å²) in [5, 5.41) is 11.5. The van der Waals surface area contributed by atoms with E-state index >= 15 is 0 Å². The minimum atomic E-state index is -0.0823. The standard InChI is InChI=1S/C22H17N5O2S2/c1-29-18-10-6-5-9-17(18)20-24-25-22(27(20)16-7-3-2-4-8-16)31-14-15-13-19(28)26-11-12-30-21(26)23-15/h2-13H,14H2,1H3. The molecule has 0 N–H and O–H groups in total. The Bertz CT molecular complexity index is 1410. The predicted molar refractivity (Wildman–Crippen MR) is 122 cm³/mol. The van der Waals surface area contributed by atoms with Crippen molar-refractivity contribution in [3.05, 3.63) is 88.3 Å². The van der Waals surface area contributed by atoms with Gasteiger partial charge in [0.25, 0.3) is 5.56 Å². The van der Waals surface area contributed by atoms with Gasteiger partial charge in [-0.2, -0.15) is 0 Å². The van der Waals surface area contributed by atoms with E-state index in [4.69, 9.17) is 4.74 Å². The molecule has 31 heavy (non-hydrogen) atoms. The lowest BCUT2D eigenvalue weighted by molar-refractivity contribution is 0.416. The van der Waals surface area contributed by atoms with Gasteiger partial charge in [0.05, 0.1) is 18.4 Å². The highest BCUT2D eigenvalue weighted by Crippen LogP contribution is 2.33. The van der Waals surface area contributed by atoms with Crippen LogP contribution in [0.2, 0.25) is 0 Å². The van der Waals surface area contributed by atoms with Crippen molar-refractivity contribution in [1.82, 2.24) is 24.1 Å². The van der Waals surface area contributed by atoms with Crippen LogP contribution in [0.15, 0.2) is 82.2 Å². The maximum atomic E-state index is 12.3. The molecule has 9 heteroatoms. The first-order chi connectivity index (χ1) is 15.2. The van der Waals surface area contributed by atoms with E-state index in [1.54, 1.807) is 23.8 Å². The van der Waals surface area contributed by atoms with Gasteiger partial charge >= 0.3 is 0 Å². The predicted octanol–water partition coefficient (Wildman–Crippen LogP) is 4.30. The molecule has 0 fully saturated rings. The Kier molecular flexibility index (Phi) is 5.27. The fraction of sp³-hybridized carbons (Fsp3) is 0.0909. The van der Waals surface area contributed by atoms with Gasteiger partial charge in [-0.15, -0.1) is 21.5 Å². The monoisotopic (exact) mass is 447 g/mol. The first kappa shape index (κ1) is 19.5. The molecule has 0 bridgehead atoms. The molecule has 0 spiro atoms. The van der Waals surface area contributed by atoms with E-state index in [0.29, 0.717) is 27.4 Å². The van der Waals surface area contributed by atoms with Gasteiger partial charge in [-0.1, -0.05) is 42.1 Å². The number of para-hydroxylation sites is 2. The van der Waals surface area contributed by atoms with Crippen LogP contribution >= 0.6 is 23.1 Å². The molecule has 0 amide bonds. The third-order valence-electron chi connectivity index (χ3n) is 4.70. The Morgan fingerprint density at radius 2 is 1.87 bits per heavy atom. The smallest absolute Gasteiger partial charge is 0.258 e. The lowest BCUT2D eigenvalue weighted by atomic mass is 10.2. The lowest BCUT2D eigenvalue weighted by Crippen LogP contribution is -2.12. The van der Waals surface area contributed by atoms with Crippen molar-refractivity contribution in [2.24, 2.45) is 0 Å². The third kappa shape index (κ3) is 3.73. The fourth-order valence-corrected chi connectivity index (χ4v) is 4.86. The molecule has 0 saturated heterocycles. The maximum absolute atomic E-state index is 12.3. The van der Waals surface area contributed by atoms with Gasteiger partial charge in [-0.3, -0.25) is 13.8 Å². The minimum absolute atomic E-state index is 0.0823. The molecule has 0 aliphatic heterocycles. The van der Waals surface area contributed by atoms with Crippen molar-refractivity contribution in [3.8, 4) is 22.8 Å². The molecule has 0 unspecified atom stereocenters. The van der Waals surface area contributed by atoms with E-state index in [-0.39, 0.29) is 5.56 Å².